The summed E-state index contributed by atoms with van der Waals surface area (Å²) in [6, 6.07) is 3.91. The molecule has 5 nitrogen and oxygen atoms in total. The number of hydrogen-bond donors (Lipinski definition) is 2. The Labute approximate surface area is 156 Å². The fourth-order valence-electron chi connectivity index (χ4n) is 2.26. The van der Waals surface area contributed by atoms with Crippen molar-refractivity contribution in [1.29, 1.82) is 0 Å². The maximum absolute atomic E-state index is 13.3. The van der Waals surface area contributed by atoms with Gasteiger partial charge in [-0.2, -0.15) is 0 Å². The largest absolute Gasteiger partial charge is 0.316 e. The van der Waals surface area contributed by atoms with Crippen molar-refractivity contribution >= 4 is 52.3 Å². The molecule has 126 valence electrons. The van der Waals surface area contributed by atoms with Crippen LogP contribution in [-0.2, 0) is 4.79 Å². The molecule has 2 N–H and O–H groups in total. The molecule has 3 heterocycles. The Hall–Kier alpha value is -2.16. The number of carbonyl (C=O) groups excluding carboxylic acids is 1. The van der Waals surface area contributed by atoms with E-state index in [2.05, 4.69) is 15.0 Å². The summed E-state index contributed by atoms with van der Waals surface area (Å²) in [6.45, 7) is 0. The maximum Gasteiger partial charge on any atom is 0.264 e. The van der Waals surface area contributed by atoms with Gasteiger partial charge < -0.3 is 10.0 Å². The van der Waals surface area contributed by atoms with E-state index < -0.39 is 5.82 Å². The number of amides is 1. The van der Waals surface area contributed by atoms with E-state index in [-0.39, 0.29) is 11.6 Å². The van der Waals surface area contributed by atoms with E-state index >= 15 is 0 Å². The Morgan fingerprint density at radius 3 is 3.12 bits per heavy atom. The van der Waals surface area contributed by atoms with Gasteiger partial charge in [0.2, 0.25) is 0 Å². The van der Waals surface area contributed by atoms with E-state index in [0.29, 0.717) is 15.1 Å². The number of rotatable bonds is 2. The number of hydrogen-bond acceptors (Lipinski definition) is 6. The standard InChI is InChI=1S/C16H10ClFN4OS2/c17-12-2-1-10(18)7-13(12)20-16-21-15(23)14(24-16)6-9-3-4-22-11(5-9)8-19-25-22/h1-8,19H,(H,20,21,23). The third-order valence-electron chi connectivity index (χ3n) is 3.41. The van der Waals surface area contributed by atoms with Gasteiger partial charge in [-0.15, -0.1) is 0 Å². The van der Waals surface area contributed by atoms with Crippen molar-refractivity contribution in [2.45, 2.75) is 0 Å². The molecule has 25 heavy (non-hydrogen) atoms. The lowest BCUT2D eigenvalue weighted by atomic mass is 10.1. The normalized spacial score (nSPS) is 22.0. The van der Waals surface area contributed by atoms with Gasteiger partial charge in [0.25, 0.3) is 5.91 Å². The van der Waals surface area contributed by atoms with E-state index in [0.717, 1.165) is 11.3 Å². The fraction of sp³-hybridized carbons (Fsp3) is 0. The molecule has 1 aromatic carbocycles. The van der Waals surface area contributed by atoms with E-state index in [1.165, 1.54) is 42.1 Å². The second-order valence-corrected chi connectivity index (χ2v) is 7.39. The van der Waals surface area contributed by atoms with Crippen molar-refractivity contribution in [2.75, 3.05) is 0 Å². The number of amidine groups is 1. The van der Waals surface area contributed by atoms with Gasteiger partial charge in [-0.1, -0.05) is 11.6 Å². The van der Waals surface area contributed by atoms with Gasteiger partial charge in [0.05, 0.1) is 33.4 Å². The van der Waals surface area contributed by atoms with Crippen LogP contribution in [0.5, 0.6) is 0 Å². The minimum atomic E-state index is -0.438. The van der Waals surface area contributed by atoms with Crippen LogP contribution < -0.4 is 10.0 Å². The first-order valence-electron chi connectivity index (χ1n) is 7.15. The molecule has 0 spiro atoms. The van der Waals surface area contributed by atoms with Crippen LogP contribution in [0.1, 0.15) is 0 Å². The number of thioether (sulfide) groups is 1. The Morgan fingerprint density at radius 1 is 1.36 bits per heavy atom. The predicted octanol–water partition coefficient (Wildman–Crippen LogP) is 3.98. The highest BCUT2D eigenvalue weighted by atomic mass is 35.5. The molecule has 9 heteroatoms. The van der Waals surface area contributed by atoms with E-state index in [9.17, 15) is 9.18 Å². The Balaban J connectivity index is 1.57. The Bertz CT molecular complexity index is 923. The molecule has 1 aromatic rings. The molecular weight excluding hydrogens is 383 g/mol. The van der Waals surface area contributed by atoms with Crippen LogP contribution in [0.3, 0.4) is 0 Å². The number of carbonyl (C=O) groups is 1. The summed E-state index contributed by atoms with van der Waals surface area (Å²) in [5, 5.41) is 3.35. The average molecular weight is 393 g/mol. The molecule has 0 unspecified atom stereocenters. The van der Waals surface area contributed by atoms with Gasteiger partial charge in [0, 0.05) is 18.5 Å². The number of benzene rings is 1. The van der Waals surface area contributed by atoms with E-state index in [4.69, 9.17) is 11.6 Å². The summed E-state index contributed by atoms with van der Waals surface area (Å²) < 4.78 is 18.3. The first kappa shape index (κ1) is 16.3. The summed E-state index contributed by atoms with van der Waals surface area (Å²) in [5.41, 5.74) is 2.18. The molecule has 1 amide bonds. The zero-order valence-electron chi connectivity index (χ0n) is 12.5. The lowest BCUT2D eigenvalue weighted by Crippen LogP contribution is -2.19. The first-order valence-corrected chi connectivity index (χ1v) is 9.12. The van der Waals surface area contributed by atoms with Crippen LogP contribution in [0.2, 0.25) is 5.02 Å². The molecule has 1 fully saturated rings. The Morgan fingerprint density at radius 2 is 2.24 bits per heavy atom. The second kappa shape index (κ2) is 6.62. The van der Waals surface area contributed by atoms with Gasteiger partial charge in [-0.3, -0.25) is 9.10 Å². The van der Waals surface area contributed by atoms with Gasteiger partial charge >= 0.3 is 0 Å². The van der Waals surface area contributed by atoms with Crippen molar-refractivity contribution < 1.29 is 9.18 Å². The zero-order valence-corrected chi connectivity index (χ0v) is 14.9. The predicted molar refractivity (Wildman–Crippen MR) is 100 cm³/mol. The summed E-state index contributed by atoms with van der Waals surface area (Å²) in [6.07, 6.45) is 9.46. The number of nitrogens with one attached hydrogen (secondary N) is 2. The molecule has 0 atom stereocenters. The summed E-state index contributed by atoms with van der Waals surface area (Å²) >= 11 is 8.66. The molecule has 0 aliphatic carbocycles. The van der Waals surface area contributed by atoms with Crippen molar-refractivity contribution in [3.8, 4) is 0 Å². The molecular formula is C16H10ClFN4OS2. The number of fused-ring (bicyclic) bond motifs is 1. The lowest BCUT2D eigenvalue weighted by Gasteiger charge is -2.15. The molecule has 0 radical (unpaired) electrons. The van der Waals surface area contributed by atoms with Crippen molar-refractivity contribution in [3.05, 3.63) is 75.8 Å². The van der Waals surface area contributed by atoms with Crippen LogP contribution in [0.4, 0.5) is 10.1 Å². The average Bonchev–Trinajstić information content (AvgIpc) is 3.17. The highest BCUT2D eigenvalue weighted by molar-refractivity contribution is 8.18. The maximum atomic E-state index is 13.3. The molecule has 0 aromatic heterocycles. The van der Waals surface area contributed by atoms with Crippen LogP contribution in [0.25, 0.3) is 0 Å². The number of aliphatic imine (C=N–C) groups is 1. The fourth-order valence-corrected chi connectivity index (χ4v) is 3.87. The quantitative estimate of drug-likeness (QED) is 0.589. The topological polar surface area (TPSA) is 56.7 Å². The first-order chi connectivity index (χ1) is 12.1. The van der Waals surface area contributed by atoms with Gasteiger partial charge in [0.15, 0.2) is 5.17 Å². The minimum absolute atomic E-state index is 0.249. The van der Waals surface area contributed by atoms with Crippen LogP contribution in [0, 0.1) is 5.82 Å². The third kappa shape index (κ3) is 3.46. The highest BCUT2D eigenvalue weighted by Gasteiger charge is 2.25. The Kier molecular flexibility index (Phi) is 4.32. The van der Waals surface area contributed by atoms with Gasteiger partial charge in [-0.25, -0.2) is 9.38 Å². The molecule has 3 aliphatic rings. The van der Waals surface area contributed by atoms with Crippen molar-refractivity contribution in [3.63, 3.8) is 0 Å². The monoisotopic (exact) mass is 392 g/mol. The SMILES string of the molecule is O=C1NC(=Nc2cc(F)ccc2Cl)SC1=CC1=CC2=CNSN2C=C1. The highest BCUT2D eigenvalue weighted by Crippen LogP contribution is 2.33. The molecule has 0 saturated carbocycles. The van der Waals surface area contributed by atoms with Crippen LogP contribution >= 0.6 is 35.5 Å². The summed E-state index contributed by atoms with van der Waals surface area (Å²) in [4.78, 5) is 16.9. The second-order valence-electron chi connectivity index (χ2n) is 5.14. The zero-order chi connectivity index (χ0) is 17.4. The number of allylic oxidation sites excluding steroid dienone is 4. The van der Waals surface area contributed by atoms with Crippen molar-refractivity contribution in [1.82, 2.24) is 14.3 Å². The van der Waals surface area contributed by atoms with Gasteiger partial charge in [0.1, 0.15) is 5.82 Å². The van der Waals surface area contributed by atoms with E-state index in [1.54, 1.807) is 6.08 Å². The number of nitrogens with zero attached hydrogens (tertiary/aromatic N) is 2. The smallest absolute Gasteiger partial charge is 0.264 e. The molecule has 3 aliphatic heterocycles. The molecule has 1 saturated heterocycles. The summed E-state index contributed by atoms with van der Waals surface area (Å²) in [7, 11) is 0. The third-order valence-corrected chi connectivity index (χ3v) is 5.39. The van der Waals surface area contributed by atoms with E-state index in [1.807, 2.05) is 28.9 Å². The summed E-state index contributed by atoms with van der Waals surface area (Å²) in [5.74, 6) is -0.687. The lowest BCUT2D eigenvalue weighted by molar-refractivity contribution is -0.115. The molecule has 4 rings (SSSR count). The van der Waals surface area contributed by atoms with Gasteiger partial charge in [-0.05, 0) is 47.7 Å². The van der Waals surface area contributed by atoms with Crippen molar-refractivity contribution in [2.24, 2.45) is 4.99 Å². The minimum Gasteiger partial charge on any atom is -0.316 e. The van der Waals surface area contributed by atoms with Crippen LogP contribution in [0.15, 0.2) is 70.0 Å². The number of halogens is 2. The molecule has 0 bridgehead atoms. The van der Waals surface area contributed by atoms with Crippen LogP contribution in [-0.4, -0.2) is 15.4 Å².